The lowest BCUT2D eigenvalue weighted by atomic mass is 10.3. The van der Waals surface area contributed by atoms with Gasteiger partial charge in [0, 0.05) is 12.3 Å². The number of thioether (sulfide) groups is 1. The average Bonchev–Trinajstić information content (AvgIpc) is 2.91. The Morgan fingerprint density at radius 1 is 1.27 bits per heavy atom. The summed E-state index contributed by atoms with van der Waals surface area (Å²) >= 11 is 1.23. The molecular weight excluding hydrogens is 304 g/mol. The number of amides is 2. The lowest BCUT2D eigenvalue weighted by Crippen LogP contribution is -2.26. The first-order valence-electron chi connectivity index (χ1n) is 6.61. The van der Waals surface area contributed by atoms with Gasteiger partial charge in [0.1, 0.15) is 5.76 Å². The predicted molar refractivity (Wildman–Crippen MR) is 83.3 cm³/mol. The van der Waals surface area contributed by atoms with Crippen molar-refractivity contribution in [2.24, 2.45) is 0 Å². The molecule has 7 nitrogen and oxygen atoms in total. The number of anilines is 1. The smallest absolute Gasteiger partial charge is 0.235 e. The van der Waals surface area contributed by atoms with Crippen LogP contribution >= 0.6 is 11.8 Å². The van der Waals surface area contributed by atoms with Crippen LogP contribution in [0.25, 0.3) is 0 Å². The number of carbonyl (C=O) groups excluding carboxylic acids is 2. The zero-order chi connectivity index (χ0) is 15.8. The Balaban J connectivity index is 1.61. The molecule has 2 rings (SSSR count). The van der Waals surface area contributed by atoms with Gasteiger partial charge in [0.2, 0.25) is 11.8 Å². The Morgan fingerprint density at radius 2 is 2.09 bits per heavy atom. The van der Waals surface area contributed by atoms with E-state index in [0.29, 0.717) is 18.1 Å². The molecule has 0 saturated heterocycles. The SMILES string of the molecule is Cc1cc(NC(=O)CSCC(=O)NCc2ccccn2)no1. The van der Waals surface area contributed by atoms with E-state index in [1.165, 1.54) is 11.8 Å². The van der Waals surface area contributed by atoms with Gasteiger partial charge in [-0.3, -0.25) is 14.6 Å². The summed E-state index contributed by atoms with van der Waals surface area (Å²) in [5, 5.41) is 8.99. The van der Waals surface area contributed by atoms with Gasteiger partial charge in [-0.1, -0.05) is 11.2 Å². The average molecular weight is 320 g/mol. The predicted octanol–water partition coefficient (Wildman–Crippen LogP) is 1.37. The van der Waals surface area contributed by atoms with E-state index < -0.39 is 0 Å². The molecule has 0 atom stereocenters. The third-order valence-corrected chi connectivity index (χ3v) is 3.49. The highest BCUT2D eigenvalue weighted by Crippen LogP contribution is 2.08. The molecule has 0 radical (unpaired) electrons. The molecule has 0 unspecified atom stereocenters. The number of nitrogens with one attached hydrogen (secondary N) is 2. The third kappa shape index (κ3) is 5.57. The van der Waals surface area contributed by atoms with E-state index in [4.69, 9.17) is 4.52 Å². The van der Waals surface area contributed by atoms with Crippen LogP contribution in [0.2, 0.25) is 0 Å². The van der Waals surface area contributed by atoms with Crippen molar-refractivity contribution in [3.8, 4) is 0 Å². The maximum Gasteiger partial charge on any atom is 0.235 e. The Bertz CT molecular complexity index is 630. The Morgan fingerprint density at radius 3 is 2.77 bits per heavy atom. The molecule has 22 heavy (non-hydrogen) atoms. The molecule has 0 spiro atoms. The van der Waals surface area contributed by atoms with Gasteiger partial charge in [0.25, 0.3) is 0 Å². The summed E-state index contributed by atoms with van der Waals surface area (Å²) in [6, 6.07) is 7.14. The molecule has 2 aromatic heterocycles. The van der Waals surface area contributed by atoms with Crippen molar-refractivity contribution in [3.63, 3.8) is 0 Å². The van der Waals surface area contributed by atoms with Crippen LogP contribution in [0.5, 0.6) is 0 Å². The second kappa shape index (κ2) is 8.18. The van der Waals surface area contributed by atoms with Gasteiger partial charge in [-0.15, -0.1) is 11.8 Å². The van der Waals surface area contributed by atoms with Crippen LogP contribution in [0.1, 0.15) is 11.5 Å². The monoisotopic (exact) mass is 320 g/mol. The first-order valence-corrected chi connectivity index (χ1v) is 7.76. The molecule has 0 aliphatic carbocycles. The van der Waals surface area contributed by atoms with Crippen LogP contribution in [0, 0.1) is 6.92 Å². The van der Waals surface area contributed by atoms with E-state index in [1.54, 1.807) is 19.2 Å². The zero-order valence-corrected chi connectivity index (χ0v) is 12.9. The van der Waals surface area contributed by atoms with Crippen LogP contribution in [-0.4, -0.2) is 33.5 Å². The molecule has 0 aliphatic rings. The summed E-state index contributed by atoms with van der Waals surface area (Å²) in [5.41, 5.74) is 0.792. The van der Waals surface area contributed by atoms with Crippen molar-refractivity contribution in [1.29, 1.82) is 0 Å². The highest BCUT2D eigenvalue weighted by molar-refractivity contribution is 8.00. The van der Waals surface area contributed by atoms with Crippen molar-refractivity contribution in [1.82, 2.24) is 15.5 Å². The second-order valence-electron chi connectivity index (χ2n) is 4.46. The van der Waals surface area contributed by atoms with Crippen LogP contribution < -0.4 is 10.6 Å². The van der Waals surface area contributed by atoms with E-state index in [2.05, 4.69) is 20.8 Å². The molecular formula is C14H16N4O3S. The molecule has 2 heterocycles. The largest absolute Gasteiger partial charge is 0.360 e. The molecule has 0 aliphatic heterocycles. The summed E-state index contributed by atoms with van der Waals surface area (Å²) in [6.45, 7) is 2.12. The maximum atomic E-state index is 11.6. The topological polar surface area (TPSA) is 97.1 Å². The Hall–Kier alpha value is -2.35. The minimum Gasteiger partial charge on any atom is -0.360 e. The van der Waals surface area contributed by atoms with Gasteiger partial charge in [0.05, 0.1) is 23.7 Å². The van der Waals surface area contributed by atoms with Crippen LogP contribution in [0.4, 0.5) is 5.82 Å². The summed E-state index contributed by atoms with van der Waals surface area (Å²) in [4.78, 5) is 27.4. The lowest BCUT2D eigenvalue weighted by Gasteiger charge is -2.04. The minimum absolute atomic E-state index is 0.138. The molecule has 8 heteroatoms. The number of hydrogen-bond acceptors (Lipinski definition) is 6. The third-order valence-electron chi connectivity index (χ3n) is 2.55. The molecule has 2 aromatic rings. The first-order chi connectivity index (χ1) is 10.6. The molecule has 0 aromatic carbocycles. The van der Waals surface area contributed by atoms with Crippen LogP contribution in [0.15, 0.2) is 35.0 Å². The van der Waals surface area contributed by atoms with Crippen molar-refractivity contribution < 1.29 is 14.1 Å². The van der Waals surface area contributed by atoms with E-state index in [-0.39, 0.29) is 23.3 Å². The normalized spacial score (nSPS) is 10.2. The van der Waals surface area contributed by atoms with Crippen molar-refractivity contribution in [3.05, 3.63) is 41.9 Å². The molecule has 0 fully saturated rings. The molecule has 2 amide bonds. The maximum absolute atomic E-state index is 11.6. The highest BCUT2D eigenvalue weighted by atomic mass is 32.2. The van der Waals surface area contributed by atoms with E-state index in [0.717, 1.165) is 5.69 Å². The van der Waals surface area contributed by atoms with Crippen LogP contribution in [0.3, 0.4) is 0 Å². The van der Waals surface area contributed by atoms with Gasteiger partial charge >= 0.3 is 0 Å². The molecule has 2 N–H and O–H groups in total. The summed E-state index contributed by atoms with van der Waals surface area (Å²) in [6.07, 6.45) is 1.67. The summed E-state index contributed by atoms with van der Waals surface area (Å²) < 4.78 is 4.84. The number of aromatic nitrogens is 2. The molecule has 0 saturated carbocycles. The number of nitrogens with zero attached hydrogens (tertiary/aromatic N) is 2. The zero-order valence-electron chi connectivity index (χ0n) is 12.0. The quantitative estimate of drug-likeness (QED) is 0.799. The van der Waals surface area contributed by atoms with Gasteiger partial charge in [-0.05, 0) is 19.1 Å². The van der Waals surface area contributed by atoms with Crippen LogP contribution in [-0.2, 0) is 16.1 Å². The highest BCUT2D eigenvalue weighted by Gasteiger charge is 2.08. The van der Waals surface area contributed by atoms with E-state index in [9.17, 15) is 9.59 Å². The Labute approximate surface area is 131 Å². The first kappa shape index (κ1) is 16.0. The van der Waals surface area contributed by atoms with Gasteiger partial charge in [-0.25, -0.2) is 0 Å². The Kier molecular flexibility index (Phi) is 5.96. The van der Waals surface area contributed by atoms with Gasteiger partial charge < -0.3 is 15.2 Å². The number of pyridine rings is 1. The fraction of sp³-hybridized carbons (Fsp3) is 0.286. The summed E-state index contributed by atoms with van der Waals surface area (Å²) in [7, 11) is 0. The lowest BCUT2D eigenvalue weighted by molar-refractivity contribution is -0.118. The van der Waals surface area contributed by atoms with Crippen molar-refractivity contribution >= 4 is 29.4 Å². The fourth-order valence-corrected chi connectivity index (χ4v) is 2.23. The number of carbonyl (C=O) groups is 2. The van der Waals surface area contributed by atoms with Crippen molar-refractivity contribution in [2.75, 3.05) is 16.8 Å². The molecule has 0 bridgehead atoms. The van der Waals surface area contributed by atoms with E-state index in [1.807, 2.05) is 18.2 Å². The second-order valence-corrected chi connectivity index (χ2v) is 5.45. The van der Waals surface area contributed by atoms with Gasteiger partial charge in [-0.2, -0.15) is 0 Å². The minimum atomic E-state index is -0.226. The van der Waals surface area contributed by atoms with E-state index >= 15 is 0 Å². The number of hydrogen-bond donors (Lipinski definition) is 2. The van der Waals surface area contributed by atoms with Gasteiger partial charge in [0.15, 0.2) is 5.82 Å². The summed E-state index contributed by atoms with van der Waals surface area (Å²) in [5.74, 6) is 1.01. The number of rotatable bonds is 7. The van der Waals surface area contributed by atoms with Crippen molar-refractivity contribution in [2.45, 2.75) is 13.5 Å². The standard InChI is InChI=1S/C14H16N4O3S/c1-10-6-12(18-21-10)17-14(20)9-22-8-13(19)16-7-11-4-2-3-5-15-11/h2-6H,7-9H2,1H3,(H,16,19)(H,17,18,20). The number of aryl methyl sites for hydroxylation is 1. The fourth-order valence-electron chi connectivity index (χ4n) is 1.58. The molecule has 116 valence electrons.